The second-order valence-electron chi connectivity index (χ2n) is 1.48. The fraction of sp³-hybridized carbons (Fsp3) is 0. The number of carboxylic acid groups (broad SMARTS) is 2. The normalized spacial score (nSPS) is 8.00. The van der Waals surface area contributed by atoms with E-state index in [2.05, 4.69) is 13.2 Å². The van der Waals surface area contributed by atoms with Crippen LogP contribution in [0.1, 0.15) is 0 Å². The lowest BCUT2D eigenvalue weighted by Crippen LogP contribution is -1.91. The molecule has 0 amide bonds. The predicted molar refractivity (Wildman–Crippen MR) is 44.8 cm³/mol. The summed E-state index contributed by atoms with van der Waals surface area (Å²) in [6.07, 6.45) is 4.39. The van der Waals surface area contributed by atoms with Crippen LogP contribution >= 0.6 is 0 Å². The molecule has 0 fully saturated rings. The van der Waals surface area contributed by atoms with Crippen LogP contribution in [0.4, 0.5) is 0 Å². The van der Waals surface area contributed by atoms with E-state index in [0.29, 0.717) is 12.2 Å². The molecule has 4 nitrogen and oxygen atoms in total. The van der Waals surface area contributed by atoms with Gasteiger partial charge in [-0.1, -0.05) is 25.3 Å². The highest BCUT2D eigenvalue weighted by Gasteiger charge is 1.88. The SMILES string of the molecule is C=CC=C.O=C(O)/C=C/C(=O)O. The molecule has 0 aliphatic heterocycles. The molecule has 0 aromatic carbocycles. The Kier molecular flexibility index (Phi) is 9.77. The van der Waals surface area contributed by atoms with Crippen molar-refractivity contribution in [3.8, 4) is 0 Å². The van der Waals surface area contributed by atoms with Gasteiger partial charge in [0.05, 0.1) is 0 Å². The molecule has 0 bridgehead atoms. The van der Waals surface area contributed by atoms with Gasteiger partial charge in [-0.25, -0.2) is 9.59 Å². The lowest BCUT2D eigenvalue weighted by Gasteiger charge is -1.74. The summed E-state index contributed by atoms with van der Waals surface area (Å²) in [5, 5.41) is 15.6. The van der Waals surface area contributed by atoms with Crippen molar-refractivity contribution in [2.45, 2.75) is 0 Å². The van der Waals surface area contributed by atoms with Crippen molar-refractivity contribution in [1.82, 2.24) is 0 Å². The molecule has 2 N–H and O–H groups in total. The molecule has 0 heterocycles. The van der Waals surface area contributed by atoms with Crippen molar-refractivity contribution in [3.63, 3.8) is 0 Å². The molecule has 0 rings (SSSR count). The van der Waals surface area contributed by atoms with Crippen LogP contribution in [0, 0.1) is 0 Å². The molecular formula is C8H10O4. The molecule has 0 atom stereocenters. The maximum atomic E-state index is 9.55. The van der Waals surface area contributed by atoms with Crippen molar-refractivity contribution in [2.75, 3.05) is 0 Å². The first-order valence-corrected chi connectivity index (χ1v) is 2.92. The van der Waals surface area contributed by atoms with Crippen LogP contribution in [0.3, 0.4) is 0 Å². The molecule has 0 aromatic heterocycles. The predicted octanol–water partition coefficient (Wildman–Crippen LogP) is 1.07. The average molecular weight is 170 g/mol. The Hall–Kier alpha value is -1.84. The summed E-state index contributed by atoms with van der Waals surface area (Å²) in [4.78, 5) is 19.1. The number of aliphatic carboxylic acids is 2. The molecule has 12 heavy (non-hydrogen) atoms. The minimum Gasteiger partial charge on any atom is -0.478 e. The standard InChI is InChI=1S/C4H4O4.C4H6/c5-3(6)1-2-4(7)8;1-3-4-2/h1-2H,(H,5,6)(H,7,8);3-4H,1-2H2/b2-1+;. The second-order valence-corrected chi connectivity index (χ2v) is 1.48. The topological polar surface area (TPSA) is 74.6 Å². The third kappa shape index (κ3) is 24.2. The molecule has 0 aliphatic rings. The first-order valence-electron chi connectivity index (χ1n) is 2.92. The van der Waals surface area contributed by atoms with Gasteiger partial charge in [0.2, 0.25) is 0 Å². The molecule has 66 valence electrons. The van der Waals surface area contributed by atoms with Gasteiger partial charge in [-0.3, -0.25) is 0 Å². The van der Waals surface area contributed by atoms with Crippen LogP contribution in [0.25, 0.3) is 0 Å². The van der Waals surface area contributed by atoms with Gasteiger partial charge < -0.3 is 10.2 Å². The summed E-state index contributed by atoms with van der Waals surface area (Å²) >= 11 is 0. The number of rotatable bonds is 3. The van der Waals surface area contributed by atoms with E-state index in [4.69, 9.17) is 10.2 Å². The Morgan fingerprint density at radius 3 is 1.25 bits per heavy atom. The summed E-state index contributed by atoms with van der Waals surface area (Å²) in [5.74, 6) is -2.51. The van der Waals surface area contributed by atoms with E-state index in [1.165, 1.54) is 0 Å². The van der Waals surface area contributed by atoms with Crippen molar-refractivity contribution < 1.29 is 19.8 Å². The van der Waals surface area contributed by atoms with Crippen molar-refractivity contribution in [2.24, 2.45) is 0 Å². The summed E-state index contributed by atoms with van der Waals surface area (Å²) < 4.78 is 0. The monoisotopic (exact) mass is 170 g/mol. The third-order valence-electron chi connectivity index (χ3n) is 0.535. The van der Waals surface area contributed by atoms with Crippen molar-refractivity contribution >= 4 is 11.9 Å². The molecule has 0 aromatic rings. The van der Waals surface area contributed by atoms with Gasteiger partial charge in [0.1, 0.15) is 0 Å². The highest BCUT2D eigenvalue weighted by molar-refractivity contribution is 5.89. The summed E-state index contributed by atoms with van der Waals surface area (Å²) in [6.45, 7) is 6.72. The number of carboxylic acids is 2. The third-order valence-corrected chi connectivity index (χ3v) is 0.535. The Morgan fingerprint density at radius 2 is 1.17 bits per heavy atom. The molecule has 0 spiro atoms. The van der Waals surface area contributed by atoms with Gasteiger partial charge in [0.25, 0.3) is 0 Å². The Morgan fingerprint density at radius 1 is 0.917 bits per heavy atom. The minimum absolute atomic E-state index is 0.558. The average Bonchev–Trinajstić information content (AvgIpc) is 2.01. The lowest BCUT2D eigenvalue weighted by atomic mass is 10.5. The van der Waals surface area contributed by atoms with Gasteiger partial charge in [-0.2, -0.15) is 0 Å². The van der Waals surface area contributed by atoms with Crippen LogP contribution in [-0.2, 0) is 9.59 Å². The van der Waals surface area contributed by atoms with E-state index < -0.39 is 11.9 Å². The zero-order chi connectivity index (χ0) is 9.98. The number of hydrogen-bond donors (Lipinski definition) is 2. The van der Waals surface area contributed by atoms with Gasteiger partial charge >= 0.3 is 11.9 Å². The van der Waals surface area contributed by atoms with Crippen LogP contribution in [0.2, 0.25) is 0 Å². The van der Waals surface area contributed by atoms with Crippen LogP contribution in [0.5, 0.6) is 0 Å². The summed E-state index contributed by atoms with van der Waals surface area (Å²) in [7, 11) is 0. The van der Waals surface area contributed by atoms with E-state index in [1.807, 2.05) is 0 Å². The van der Waals surface area contributed by atoms with E-state index in [1.54, 1.807) is 12.2 Å². The van der Waals surface area contributed by atoms with E-state index >= 15 is 0 Å². The first kappa shape index (κ1) is 12.8. The molecule has 4 heteroatoms. The molecule has 0 radical (unpaired) electrons. The highest BCUT2D eigenvalue weighted by Crippen LogP contribution is 1.70. The zero-order valence-electron chi connectivity index (χ0n) is 6.43. The van der Waals surface area contributed by atoms with Crippen molar-refractivity contribution in [3.05, 3.63) is 37.5 Å². The number of allylic oxidation sites excluding steroid dienone is 2. The largest absolute Gasteiger partial charge is 0.478 e. The Labute approximate surface area is 70.1 Å². The highest BCUT2D eigenvalue weighted by atomic mass is 16.4. The van der Waals surface area contributed by atoms with E-state index in [9.17, 15) is 9.59 Å². The Balaban J connectivity index is 0. The maximum absolute atomic E-state index is 9.55. The summed E-state index contributed by atoms with van der Waals surface area (Å²) in [5.41, 5.74) is 0. The molecule has 0 saturated heterocycles. The molecular weight excluding hydrogens is 160 g/mol. The Bertz CT molecular complexity index is 181. The molecule has 0 aliphatic carbocycles. The van der Waals surface area contributed by atoms with E-state index in [-0.39, 0.29) is 0 Å². The maximum Gasteiger partial charge on any atom is 0.328 e. The fourth-order valence-electron chi connectivity index (χ4n) is 0.143. The van der Waals surface area contributed by atoms with Crippen LogP contribution < -0.4 is 0 Å². The zero-order valence-corrected chi connectivity index (χ0v) is 6.43. The quantitative estimate of drug-likeness (QED) is 0.490. The fourth-order valence-corrected chi connectivity index (χ4v) is 0.143. The van der Waals surface area contributed by atoms with Gasteiger partial charge in [0, 0.05) is 12.2 Å². The molecule has 0 saturated carbocycles. The van der Waals surface area contributed by atoms with Crippen molar-refractivity contribution in [1.29, 1.82) is 0 Å². The molecule has 0 unspecified atom stereocenters. The second kappa shape index (κ2) is 9.16. The number of hydrogen-bond acceptors (Lipinski definition) is 2. The summed E-state index contributed by atoms with van der Waals surface area (Å²) in [6, 6.07) is 0. The van der Waals surface area contributed by atoms with Crippen LogP contribution in [0.15, 0.2) is 37.5 Å². The van der Waals surface area contributed by atoms with Gasteiger partial charge in [-0.15, -0.1) is 0 Å². The number of carbonyl (C=O) groups is 2. The smallest absolute Gasteiger partial charge is 0.328 e. The minimum atomic E-state index is -1.26. The van der Waals surface area contributed by atoms with Gasteiger partial charge in [-0.05, 0) is 0 Å². The van der Waals surface area contributed by atoms with Gasteiger partial charge in [0.15, 0.2) is 0 Å². The van der Waals surface area contributed by atoms with Crippen LogP contribution in [-0.4, -0.2) is 22.2 Å². The lowest BCUT2D eigenvalue weighted by molar-refractivity contribution is -0.134. The van der Waals surface area contributed by atoms with E-state index in [0.717, 1.165) is 0 Å². The first-order chi connectivity index (χ1) is 5.54.